The summed E-state index contributed by atoms with van der Waals surface area (Å²) in [5.41, 5.74) is 0. The zero-order chi connectivity index (χ0) is 14.9. The number of ether oxygens (including phenoxy) is 2. The van der Waals surface area contributed by atoms with Gasteiger partial charge in [0.05, 0.1) is 6.61 Å². The van der Waals surface area contributed by atoms with Crippen LogP contribution in [0.15, 0.2) is 24.3 Å². The van der Waals surface area contributed by atoms with E-state index in [-0.39, 0.29) is 0 Å². The van der Waals surface area contributed by atoms with Crippen LogP contribution in [0.5, 0.6) is 11.5 Å². The average Bonchev–Trinajstić information content (AvgIpc) is 2.51. The van der Waals surface area contributed by atoms with Crippen molar-refractivity contribution in [3.63, 3.8) is 0 Å². The van der Waals surface area contributed by atoms with E-state index in [1.54, 1.807) is 0 Å². The van der Waals surface area contributed by atoms with Crippen LogP contribution in [0.2, 0.25) is 0 Å². The lowest BCUT2D eigenvalue weighted by Crippen LogP contribution is -2.29. The number of benzene rings is 1. The molecule has 0 radical (unpaired) electrons. The van der Waals surface area contributed by atoms with Gasteiger partial charge in [-0.1, -0.05) is 12.1 Å². The summed E-state index contributed by atoms with van der Waals surface area (Å²) in [6, 6.07) is 7.82. The van der Waals surface area contributed by atoms with Crippen molar-refractivity contribution in [1.29, 1.82) is 0 Å². The van der Waals surface area contributed by atoms with E-state index in [1.165, 1.54) is 12.8 Å². The predicted molar refractivity (Wildman–Crippen MR) is 87.6 cm³/mol. The van der Waals surface area contributed by atoms with Gasteiger partial charge in [-0.15, -0.1) is 11.6 Å². The van der Waals surface area contributed by atoms with E-state index in [4.69, 9.17) is 21.1 Å². The van der Waals surface area contributed by atoms with Gasteiger partial charge in [0.2, 0.25) is 0 Å². The molecule has 0 saturated heterocycles. The SMILES string of the molecule is CCOc1ccccc1OCCNCC1CCC(Cl)CC1. The van der Waals surface area contributed by atoms with Crippen LogP contribution in [0.4, 0.5) is 0 Å². The van der Waals surface area contributed by atoms with Crippen LogP contribution >= 0.6 is 11.6 Å². The standard InChI is InChI=1S/C17H26ClNO2/c1-2-20-16-5-3-4-6-17(16)21-12-11-19-13-14-7-9-15(18)10-8-14/h3-6,14-15,19H,2,7-13H2,1H3. The third-order valence-electron chi connectivity index (χ3n) is 3.89. The summed E-state index contributed by atoms with van der Waals surface area (Å²) in [6.07, 6.45) is 4.81. The smallest absolute Gasteiger partial charge is 0.161 e. The van der Waals surface area contributed by atoms with Gasteiger partial charge in [-0.05, 0) is 57.2 Å². The normalized spacial score (nSPS) is 22.0. The van der Waals surface area contributed by atoms with Gasteiger partial charge in [0.25, 0.3) is 0 Å². The molecule has 1 aromatic rings. The fourth-order valence-electron chi connectivity index (χ4n) is 2.71. The molecule has 1 saturated carbocycles. The summed E-state index contributed by atoms with van der Waals surface area (Å²) in [6.45, 7) is 5.23. The molecule has 0 heterocycles. The Bertz CT molecular complexity index is 406. The summed E-state index contributed by atoms with van der Waals surface area (Å²) in [5, 5.41) is 3.89. The summed E-state index contributed by atoms with van der Waals surface area (Å²) in [7, 11) is 0. The van der Waals surface area contributed by atoms with Gasteiger partial charge in [-0.3, -0.25) is 0 Å². The molecule has 2 rings (SSSR count). The largest absolute Gasteiger partial charge is 0.490 e. The molecule has 0 amide bonds. The van der Waals surface area contributed by atoms with E-state index in [9.17, 15) is 0 Å². The fraction of sp³-hybridized carbons (Fsp3) is 0.647. The minimum Gasteiger partial charge on any atom is -0.490 e. The lowest BCUT2D eigenvalue weighted by atomic mass is 9.89. The van der Waals surface area contributed by atoms with Crippen molar-refractivity contribution >= 4 is 11.6 Å². The Labute approximate surface area is 133 Å². The maximum atomic E-state index is 6.12. The molecule has 0 spiro atoms. The van der Waals surface area contributed by atoms with Crippen LogP contribution < -0.4 is 14.8 Å². The molecule has 1 aliphatic rings. The van der Waals surface area contributed by atoms with Crippen molar-refractivity contribution in [2.75, 3.05) is 26.3 Å². The first-order valence-electron chi connectivity index (χ1n) is 7.99. The Morgan fingerprint density at radius 1 is 1.10 bits per heavy atom. The molecule has 1 aromatic carbocycles. The topological polar surface area (TPSA) is 30.5 Å². The maximum absolute atomic E-state index is 6.12. The van der Waals surface area contributed by atoms with Gasteiger partial charge < -0.3 is 14.8 Å². The van der Waals surface area contributed by atoms with Crippen LogP contribution in [0.25, 0.3) is 0 Å². The summed E-state index contributed by atoms with van der Waals surface area (Å²) in [5.74, 6) is 2.42. The van der Waals surface area contributed by atoms with Crippen LogP contribution in [0.3, 0.4) is 0 Å². The number of hydrogen-bond donors (Lipinski definition) is 1. The minimum atomic E-state index is 0.402. The van der Waals surface area contributed by atoms with E-state index >= 15 is 0 Å². The molecule has 3 nitrogen and oxygen atoms in total. The van der Waals surface area contributed by atoms with E-state index < -0.39 is 0 Å². The molecule has 0 bridgehead atoms. The number of alkyl halides is 1. The molecule has 1 fully saturated rings. The van der Waals surface area contributed by atoms with E-state index in [2.05, 4.69) is 5.32 Å². The number of rotatable bonds is 8. The summed E-state index contributed by atoms with van der Waals surface area (Å²) >= 11 is 6.12. The Hall–Kier alpha value is -0.930. The summed E-state index contributed by atoms with van der Waals surface area (Å²) < 4.78 is 11.3. The van der Waals surface area contributed by atoms with Crippen LogP contribution in [-0.4, -0.2) is 31.7 Å². The number of nitrogens with one attached hydrogen (secondary N) is 1. The molecule has 1 N–H and O–H groups in total. The van der Waals surface area contributed by atoms with Gasteiger partial charge in [0.1, 0.15) is 6.61 Å². The minimum absolute atomic E-state index is 0.402. The van der Waals surface area contributed by atoms with Crippen molar-refractivity contribution in [1.82, 2.24) is 5.32 Å². The second kappa shape index (κ2) is 9.16. The van der Waals surface area contributed by atoms with Gasteiger partial charge in [-0.25, -0.2) is 0 Å². The maximum Gasteiger partial charge on any atom is 0.161 e. The van der Waals surface area contributed by atoms with Crippen LogP contribution in [0, 0.1) is 5.92 Å². The molecule has 0 aromatic heterocycles. The number of hydrogen-bond acceptors (Lipinski definition) is 3. The van der Waals surface area contributed by atoms with Crippen molar-refractivity contribution in [2.45, 2.75) is 38.0 Å². The zero-order valence-corrected chi connectivity index (χ0v) is 13.6. The first kappa shape index (κ1) is 16.4. The van der Waals surface area contributed by atoms with Crippen molar-refractivity contribution < 1.29 is 9.47 Å². The molecule has 0 atom stereocenters. The lowest BCUT2D eigenvalue weighted by molar-refractivity contribution is 0.269. The van der Waals surface area contributed by atoms with E-state index in [1.807, 2.05) is 31.2 Å². The molecule has 1 aliphatic carbocycles. The van der Waals surface area contributed by atoms with Crippen molar-refractivity contribution in [3.05, 3.63) is 24.3 Å². The Morgan fingerprint density at radius 3 is 2.43 bits per heavy atom. The molecule has 118 valence electrons. The molecule has 4 heteroatoms. The number of halogens is 1. The fourth-order valence-corrected chi connectivity index (χ4v) is 2.96. The first-order chi connectivity index (χ1) is 10.3. The Morgan fingerprint density at radius 2 is 1.76 bits per heavy atom. The predicted octanol–water partition coefficient (Wildman–Crippen LogP) is 3.85. The highest BCUT2D eigenvalue weighted by Crippen LogP contribution is 2.27. The highest BCUT2D eigenvalue weighted by molar-refractivity contribution is 6.20. The third kappa shape index (κ3) is 5.76. The van der Waals surface area contributed by atoms with Crippen LogP contribution in [0.1, 0.15) is 32.6 Å². The van der Waals surface area contributed by atoms with Gasteiger partial charge in [0.15, 0.2) is 11.5 Å². The Kier molecular flexibility index (Phi) is 7.17. The third-order valence-corrected chi connectivity index (χ3v) is 4.33. The first-order valence-corrected chi connectivity index (χ1v) is 8.42. The van der Waals surface area contributed by atoms with E-state index in [0.717, 1.165) is 43.3 Å². The highest BCUT2D eigenvalue weighted by atomic mass is 35.5. The van der Waals surface area contributed by atoms with Crippen molar-refractivity contribution in [2.24, 2.45) is 5.92 Å². The molecular formula is C17H26ClNO2. The average molecular weight is 312 g/mol. The second-order valence-electron chi connectivity index (χ2n) is 5.55. The molecule has 0 aliphatic heterocycles. The van der Waals surface area contributed by atoms with Crippen molar-refractivity contribution in [3.8, 4) is 11.5 Å². The second-order valence-corrected chi connectivity index (χ2v) is 6.17. The highest BCUT2D eigenvalue weighted by Gasteiger charge is 2.18. The van der Waals surface area contributed by atoms with E-state index in [0.29, 0.717) is 18.6 Å². The van der Waals surface area contributed by atoms with Gasteiger partial charge in [0, 0.05) is 11.9 Å². The lowest BCUT2D eigenvalue weighted by Gasteiger charge is -2.25. The summed E-state index contributed by atoms with van der Waals surface area (Å²) in [4.78, 5) is 0. The molecule has 21 heavy (non-hydrogen) atoms. The quantitative estimate of drug-likeness (QED) is 0.584. The van der Waals surface area contributed by atoms with Gasteiger partial charge >= 0.3 is 0 Å². The van der Waals surface area contributed by atoms with Crippen LogP contribution in [-0.2, 0) is 0 Å². The zero-order valence-electron chi connectivity index (χ0n) is 12.8. The monoisotopic (exact) mass is 311 g/mol. The molecule has 0 unspecified atom stereocenters. The Balaban J connectivity index is 1.61. The van der Waals surface area contributed by atoms with Gasteiger partial charge in [-0.2, -0.15) is 0 Å². The molecular weight excluding hydrogens is 286 g/mol. The number of para-hydroxylation sites is 2.